The van der Waals surface area contributed by atoms with E-state index in [0.717, 1.165) is 48.3 Å². The van der Waals surface area contributed by atoms with Gasteiger partial charge in [0.05, 0.1) is 23.8 Å². The van der Waals surface area contributed by atoms with Crippen molar-refractivity contribution < 1.29 is 14.6 Å². The number of amides is 1. The van der Waals surface area contributed by atoms with E-state index in [1.165, 1.54) is 0 Å². The Bertz CT molecular complexity index is 1070. The van der Waals surface area contributed by atoms with Gasteiger partial charge < -0.3 is 25.0 Å². The average Bonchev–Trinajstić information content (AvgIpc) is 3.23. The lowest BCUT2D eigenvalue weighted by molar-refractivity contribution is -0.133. The second kappa shape index (κ2) is 11.6. The molecule has 3 aliphatic rings. The summed E-state index contributed by atoms with van der Waals surface area (Å²) in [7, 11) is 1.79. The molecule has 2 fully saturated rings. The minimum atomic E-state index is -0.521. The number of hydrogen-bond acceptors (Lipinski definition) is 7. The number of aromatic nitrogens is 2. The van der Waals surface area contributed by atoms with Gasteiger partial charge >= 0.3 is 0 Å². The molecule has 3 atom stereocenters. The van der Waals surface area contributed by atoms with Crippen LogP contribution in [0.25, 0.3) is 0 Å². The summed E-state index contributed by atoms with van der Waals surface area (Å²) in [6, 6.07) is 8.08. The van der Waals surface area contributed by atoms with Gasteiger partial charge in [0.2, 0.25) is 5.91 Å². The highest BCUT2D eigenvalue weighted by Gasteiger charge is 2.35. The second-order valence-corrected chi connectivity index (χ2v) is 11.1. The van der Waals surface area contributed by atoms with Crippen molar-refractivity contribution in [1.82, 2.24) is 20.2 Å². The number of methoxy groups -OCH3 is 1. The lowest BCUT2D eigenvalue weighted by atomic mass is 9.91. The molecule has 1 aliphatic heterocycles. The van der Waals surface area contributed by atoms with E-state index >= 15 is 0 Å². The fraction of sp³-hybridized carbons (Fsp3) is 0.607. The molecule has 1 aromatic carbocycles. The molecular weight excluding hydrogens is 490 g/mol. The molecule has 0 radical (unpaired) electrons. The maximum atomic E-state index is 13.8. The largest absolute Gasteiger partial charge is 0.387 e. The van der Waals surface area contributed by atoms with Gasteiger partial charge in [0, 0.05) is 56.5 Å². The molecular formula is C28H38ClN5O3. The third-order valence-electron chi connectivity index (χ3n) is 8.36. The lowest BCUT2D eigenvalue weighted by Gasteiger charge is -2.38. The molecule has 2 aliphatic carbocycles. The molecule has 2 N–H and O–H groups in total. The number of nitrogens with one attached hydrogen (secondary N) is 1. The van der Waals surface area contributed by atoms with E-state index in [1.54, 1.807) is 13.4 Å². The Morgan fingerprint density at radius 2 is 1.84 bits per heavy atom. The molecule has 2 heterocycles. The van der Waals surface area contributed by atoms with Crippen molar-refractivity contribution in [3.63, 3.8) is 0 Å². The number of benzene rings is 1. The number of aliphatic hydroxyl groups excluding tert-OH is 1. The van der Waals surface area contributed by atoms with Crippen LogP contribution in [-0.2, 0) is 9.53 Å². The van der Waals surface area contributed by atoms with Gasteiger partial charge in [0.25, 0.3) is 0 Å². The fourth-order valence-corrected chi connectivity index (χ4v) is 6.27. The first-order chi connectivity index (χ1) is 17.9. The van der Waals surface area contributed by atoms with Crippen LogP contribution in [0.2, 0.25) is 5.02 Å². The van der Waals surface area contributed by atoms with Crippen LogP contribution >= 0.6 is 11.6 Å². The van der Waals surface area contributed by atoms with Crippen molar-refractivity contribution in [2.45, 2.75) is 69.1 Å². The quantitative estimate of drug-likeness (QED) is 0.568. The van der Waals surface area contributed by atoms with Gasteiger partial charge in [-0.25, -0.2) is 9.97 Å². The molecule has 200 valence electrons. The standard InChI is InChI=1S/C28H38ClN5O3/c1-18-15-24(35)26-25(18)27(32-17-31-26)33-11-13-34(14-12-33)28(36)23(19-3-5-20(29)6-4-19)16-30-21-7-9-22(37-2)10-8-21/h3-6,17-18,21-24,30,35H,7-16H2,1-2H3/t18?,21?,22?,23-,24-/m1/s1. The predicted octanol–water partition coefficient (Wildman–Crippen LogP) is 3.65. The number of hydrogen-bond donors (Lipinski definition) is 2. The Labute approximate surface area is 224 Å². The summed E-state index contributed by atoms with van der Waals surface area (Å²) in [5.41, 5.74) is 2.80. The number of ether oxygens (including phenoxy) is 1. The number of anilines is 1. The van der Waals surface area contributed by atoms with E-state index in [-0.39, 0.29) is 17.7 Å². The molecule has 0 spiro atoms. The van der Waals surface area contributed by atoms with Crippen molar-refractivity contribution >= 4 is 23.3 Å². The SMILES string of the molecule is COC1CCC(NC[C@@H](C(=O)N2CCN(c3ncnc4c3C(C)C[C@H]4O)CC2)c2ccc(Cl)cc2)CC1. The summed E-state index contributed by atoms with van der Waals surface area (Å²) in [4.78, 5) is 27.0. The van der Waals surface area contributed by atoms with Crippen molar-refractivity contribution in [1.29, 1.82) is 0 Å². The monoisotopic (exact) mass is 527 g/mol. The molecule has 9 heteroatoms. The summed E-state index contributed by atoms with van der Waals surface area (Å²) >= 11 is 6.15. The van der Waals surface area contributed by atoms with Gasteiger partial charge in [-0.2, -0.15) is 0 Å². The Hall–Kier alpha value is -2.26. The highest BCUT2D eigenvalue weighted by Crippen LogP contribution is 2.42. The maximum Gasteiger partial charge on any atom is 0.231 e. The van der Waals surface area contributed by atoms with E-state index in [2.05, 4.69) is 27.1 Å². The van der Waals surface area contributed by atoms with Crippen LogP contribution in [0, 0.1) is 0 Å². The van der Waals surface area contributed by atoms with Crippen LogP contribution in [0.15, 0.2) is 30.6 Å². The Morgan fingerprint density at radius 1 is 1.14 bits per heavy atom. The number of piperazine rings is 1. The highest BCUT2D eigenvalue weighted by atomic mass is 35.5. The maximum absolute atomic E-state index is 13.8. The van der Waals surface area contributed by atoms with Crippen molar-refractivity contribution in [3.05, 3.63) is 52.4 Å². The smallest absolute Gasteiger partial charge is 0.231 e. The normalized spacial score (nSPS) is 26.7. The zero-order chi connectivity index (χ0) is 25.9. The molecule has 5 rings (SSSR count). The molecule has 8 nitrogen and oxygen atoms in total. The minimum absolute atomic E-state index is 0.150. The molecule has 1 amide bonds. The summed E-state index contributed by atoms with van der Waals surface area (Å²) in [5, 5.41) is 14.7. The number of nitrogens with zero attached hydrogens (tertiary/aromatic N) is 4. The van der Waals surface area contributed by atoms with Crippen LogP contribution < -0.4 is 10.2 Å². The number of halogens is 1. The molecule has 37 heavy (non-hydrogen) atoms. The van der Waals surface area contributed by atoms with E-state index in [4.69, 9.17) is 16.3 Å². The van der Waals surface area contributed by atoms with Crippen LogP contribution in [0.5, 0.6) is 0 Å². The average molecular weight is 528 g/mol. The number of carbonyl (C=O) groups is 1. The highest BCUT2D eigenvalue weighted by molar-refractivity contribution is 6.30. The number of rotatable bonds is 7. The summed E-state index contributed by atoms with van der Waals surface area (Å²) in [5.74, 6) is 1.02. The zero-order valence-corrected chi connectivity index (χ0v) is 22.5. The molecule has 1 saturated carbocycles. The van der Waals surface area contributed by atoms with Gasteiger partial charge in [0.15, 0.2) is 0 Å². The second-order valence-electron chi connectivity index (χ2n) is 10.7. The fourth-order valence-electron chi connectivity index (χ4n) is 6.14. The lowest BCUT2D eigenvalue weighted by Crippen LogP contribution is -2.51. The summed E-state index contributed by atoms with van der Waals surface area (Å²) in [6.45, 7) is 5.42. The van der Waals surface area contributed by atoms with Gasteiger partial charge in [0.1, 0.15) is 12.1 Å². The first kappa shape index (κ1) is 26.4. The van der Waals surface area contributed by atoms with Crippen LogP contribution in [0.3, 0.4) is 0 Å². The van der Waals surface area contributed by atoms with Gasteiger partial charge in [-0.1, -0.05) is 30.7 Å². The predicted molar refractivity (Wildman–Crippen MR) is 144 cm³/mol. The number of carbonyl (C=O) groups excluding carboxylic acids is 1. The van der Waals surface area contributed by atoms with Gasteiger partial charge in [-0.3, -0.25) is 4.79 Å². The third kappa shape index (κ3) is 5.77. The topological polar surface area (TPSA) is 90.8 Å². The molecule has 1 unspecified atom stereocenters. The molecule has 0 bridgehead atoms. The number of aliphatic hydroxyl groups is 1. The van der Waals surface area contributed by atoms with Crippen LogP contribution in [0.4, 0.5) is 5.82 Å². The van der Waals surface area contributed by atoms with E-state index < -0.39 is 6.10 Å². The summed E-state index contributed by atoms with van der Waals surface area (Å²) in [6.07, 6.45) is 6.30. The Morgan fingerprint density at radius 3 is 2.51 bits per heavy atom. The van der Waals surface area contributed by atoms with Crippen molar-refractivity contribution in [2.24, 2.45) is 0 Å². The van der Waals surface area contributed by atoms with Gasteiger partial charge in [-0.05, 0) is 55.7 Å². The van der Waals surface area contributed by atoms with E-state index in [9.17, 15) is 9.90 Å². The van der Waals surface area contributed by atoms with Crippen LogP contribution in [0.1, 0.15) is 73.8 Å². The minimum Gasteiger partial charge on any atom is -0.387 e. The Kier molecular flexibility index (Phi) is 8.29. The molecule has 1 aromatic heterocycles. The van der Waals surface area contributed by atoms with Crippen molar-refractivity contribution in [2.75, 3.05) is 44.7 Å². The zero-order valence-electron chi connectivity index (χ0n) is 21.8. The van der Waals surface area contributed by atoms with Crippen LogP contribution in [-0.4, -0.2) is 77.9 Å². The molecule has 1 saturated heterocycles. The first-order valence-electron chi connectivity index (χ1n) is 13.5. The summed E-state index contributed by atoms with van der Waals surface area (Å²) < 4.78 is 5.51. The Balaban J connectivity index is 1.25. The van der Waals surface area contributed by atoms with Crippen molar-refractivity contribution in [3.8, 4) is 0 Å². The van der Waals surface area contributed by atoms with E-state index in [0.29, 0.717) is 56.3 Å². The first-order valence-corrected chi connectivity index (χ1v) is 13.9. The number of fused-ring (bicyclic) bond motifs is 1. The third-order valence-corrected chi connectivity index (χ3v) is 8.61. The van der Waals surface area contributed by atoms with Gasteiger partial charge in [-0.15, -0.1) is 0 Å². The van der Waals surface area contributed by atoms with E-state index in [1.807, 2.05) is 29.2 Å². The molecule has 2 aromatic rings.